The van der Waals surface area contributed by atoms with E-state index >= 15 is 0 Å². The zero-order valence-corrected chi connectivity index (χ0v) is 20.7. The number of amides is 2. The average molecular weight is 512 g/mol. The first-order valence-corrected chi connectivity index (χ1v) is 11.0. The predicted octanol–water partition coefficient (Wildman–Crippen LogP) is 4.82. The Morgan fingerprint density at radius 3 is 2.52 bits per heavy atom. The maximum Gasteiger partial charge on any atom is 0.261 e. The van der Waals surface area contributed by atoms with Gasteiger partial charge in [-0.3, -0.25) is 9.59 Å². The monoisotopic (exact) mass is 510 g/mol. The molecule has 0 unspecified atom stereocenters. The molecule has 2 aromatic rings. The number of benzene rings is 2. The van der Waals surface area contributed by atoms with Crippen LogP contribution in [0.2, 0.25) is 5.02 Å². The Balaban J connectivity index is 2.22. The van der Waals surface area contributed by atoms with Crippen LogP contribution >= 0.6 is 27.5 Å². The van der Waals surface area contributed by atoms with Gasteiger partial charge in [0, 0.05) is 16.6 Å². The molecule has 1 N–H and O–H groups in total. The highest BCUT2D eigenvalue weighted by molar-refractivity contribution is 9.10. The van der Waals surface area contributed by atoms with Gasteiger partial charge in [0.15, 0.2) is 6.61 Å². The van der Waals surface area contributed by atoms with Crippen molar-refractivity contribution in [2.24, 2.45) is 0 Å². The van der Waals surface area contributed by atoms with Crippen molar-refractivity contribution in [3.8, 4) is 11.5 Å². The Kier molecular flexibility index (Phi) is 8.77. The summed E-state index contributed by atoms with van der Waals surface area (Å²) in [4.78, 5) is 27.4. The molecular formula is C23H28BrClN2O4. The molecule has 8 heteroatoms. The number of carbonyl (C=O) groups is 2. The molecule has 0 radical (unpaired) electrons. The molecule has 0 aliphatic heterocycles. The van der Waals surface area contributed by atoms with E-state index in [4.69, 9.17) is 21.1 Å². The maximum absolute atomic E-state index is 13.1. The number of nitrogens with zero attached hydrogens (tertiary/aromatic N) is 1. The second-order valence-electron chi connectivity index (χ2n) is 8.15. The molecule has 0 fully saturated rings. The van der Waals surface area contributed by atoms with Crippen LogP contribution in [0.1, 0.15) is 33.3 Å². The minimum absolute atomic E-state index is 0.228. The number of halogens is 2. The molecule has 168 valence electrons. The average Bonchev–Trinajstić information content (AvgIpc) is 2.69. The van der Waals surface area contributed by atoms with Crippen LogP contribution in [0.4, 0.5) is 0 Å². The number of carbonyl (C=O) groups excluding carboxylic acids is 2. The highest BCUT2D eigenvalue weighted by Gasteiger charge is 2.29. The van der Waals surface area contributed by atoms with Gasteiger partial charge in [-0.2, -0.15) is 0 Å². The van der Waals surface area contributed by atoms with Crippen LogP contribution in [0.25, 0.3) is 0 Å². The molecule has 2 rings (SSSR count). The van der Waals surface area contributed by atoms with Gasteiger partial charge < -0.3 is 19.7 Å². The SMILES string of the molecule is COc1cccc(CN(C(=O)COc2ccc(Br)cc2Cl)[C@H](C)C(=O)NC(C)(C)C)c1. The molecule has 0 aliphatic rings. The minimum Gasteiger partial charge on any atom is -0.497 e. The van der Waals surface area contributed by atoms with Crippen LogP contribution < -0.4 is 14.8 Å². The van der Waals surface area contributed by atoms with Crippen molar-refractivity contribution in [3.63, 3.8) is 0 Å². The van der Waals surface area contributed by atoms with Crippen LogP contribution in [0.3, 0.4) is 0 Å². The number of hydrogen-bond donors (Lipinski definition) is 1. The summed E-state index contributed by atoms with van der Waals surface area (Å²) >= 11 is 9.52. The summed E-state index contributed by atoms with van der Waals surface area (Å²) in [5.41, 5.74) is 0.419. The lowest BCUT2D eigenvalue weighted by Gasteiger charge is -2.31. The quantitative estimate of drug-likeness (QED) is 0.552. The van der Waals surface area contributed by atoms with Crippen LogP contribution in [0.15, 0.2) is 46.9 Å². The molecule has 2 amide bonds. The van der Waals surface area contributed by atoms with Crippen molar-refractivity contribution >= 4 is 39.3 Å². The molecule has 6 nitrogen and oxygen atoms in total. The van der Waals surface area contributed by atoms with E-state index in [1.54, 1.807) is 32.2 Å². The molecule has 2 aromatic carbocycles. The molecule has 0 spiro atoms. The van der Waals surface area contributed by atoms with Crippen LogP contribution in [-0.4, -0.2) is 42.0 Å². The fourth-order valence-corrected chi connectivity index (χ4v) is 3.57. The van der Waals surface area contributed by atoms with Gasteiger partial charge in [-0.25, -0.2) is 0 Å². The van der Waals surface area contributed by atoms with Gasteiger partial charge in [-0.1, -0.05) is 39.7 Å². The largest absolute Gasteiger partial charge is 0.497 e. The molecule has 0 heterocycles. The Labute approximate surface area is 197 Å². The highest BCUT2D eigenvalue weighted by Crippen LogP contribution is 2.28. The van der Waals surface area contributed by atoms with Crippen molar-refractivity contribution in [1.29, 1.82) is 0 Å². The third kappa shape index (κ3) is 7.74. The molecule has 0 bridgehead atoms. The van der Waals surface area contributed by atoms with Gasteiger partial charge in [0.2, 0.25) is 5.91 Å². The second-order valence-corrected chi connectivity index (χ2v) is 9.47. The summed E-state index contributed by atoms with van der Waals surface area (Å²) < 4.78 is 11.7. The minimum atomic E-state index is -0.707. The number of rotatable bonds is 8. The lowest BCUT2D eigenvalue weighted by molar-refractivity contribution is -0.142. The van der Waals surface area contributed by atoms with E-state index in [-0.39, 0.29) is 25.0 Å². The molecule has 31 heavy (non-hydrogen) atoms. The van der Waals surface area contributed by atoms with E-state index in [0.29, 0.717) is 16.5 Å². The third-order valence-corrected chi connectivity index (χ3v) is 5.19. The van der Waals surface area contributed by atoms with E-state index in [1.807, 2.05) is 45.0 Å². The second kappa shape index (κ2) is 10.9. The van der Waals surface area contributed by atoms with E-state index in [2.05, 4.69) is 21.2 Å². The molecule has 0 saturated heterocycles. The summed E-state index contributed by atoms with van der Waals surface area (Å²) in [5, 5.41) is 3.32. The first-order valence-electron chi connectivity index (χ1n) is 9.82. The number of nitrogens with one attached hydrogen (secondary N) is 1. The van der Waals surface area contributed by atoms with Crippen molar-refractivity contribution in [2.45, 2.75) is 45.8 Å². The molecule has 0 aliphatic carbocycles. The topological polar surface area (TPSA) is 67.9 Å². The number of methoxy groups -OCH3 is 1. The van der Waals surface area contributed by atoms with Crippen LogP contribution in [-0.2, 0) is 16.1 Å². The van der Waals surface area contributed by atoms with Gasteiger partial charge in [-0.05, 0) is 63.6 Å². The lowest BCUT2D eigenvalue weighted by atomic mass is 10.1. The zero-order valence-electron chi connectivity index (χ0n) is 18.4. The summed E-state index contributed by atoms with van der Waals surface area (Å²) in [6, 6.07) is 11.8. The van der Waals surface area contributed by atoms with Gasteiger partial charge >= 0.3 is 0 Å². The number of hydrogen-bond acceptors (Lipinski definition) is 4. The molecule has 0 aromatic heterocycles. The van der Waals surface area contributed by atoms with Crippen molar-refractivity contribution in [2.75, 3.05) is 13.7 Å². The first-order chi connectivity index (χ1) is 14.5. The van der Waals surface area contributed by atoms with Gasteiger partial charge in [0.1, 0.15) is 17.5 Å². The predicted molar refractivity (Wildman–Crippen MR) is 126 cm³/mol. The number of ether oxygens (including phenoxy) is 2. The van der Waals surface area contributed by atoms with Crippen molar-refractivity contribution in [1.82, 2.24) is 10.2 Å². The fraction of sp³-hybridized carbons (Fsp3) is 0.391. The van der Waals surface area contributed by atoms with Gasteiger partial charge in [0.05, 0.1) is 12.1 Å². The first kappa shape index (κ1) is 25.0. The summed E-state index contributed by atoms with van der Waals surface area (Å²) in [7, 11) is 1.58. The van der Waals surface area contributed by atoms with E-state index in [0.717, 1.165) is 10.0 Å². The van der Waals surface area contributed by atoms with Crippen LogP contribution in [0, 0.1) is 0 Å². The smallest absolute Gasteiger partial charge is 0.261 e. The maximum atomic E-state index is 13.1. The fourth-order valence-electron chi connectivity index (χ4n) is 2.84. The van der Waals surface area contributed by atoms with E-state index < -0.39 is 11.6 Å². The van der Waals surface area contributed by atoms with Gasteiger partial charge in [0.25, 0.3) is 5.91 Å². The molecule has 1 atom stereocenters. The highest BCUT2D eigenvalue weighted by atomic mass is 79.9. The Hall–Kier alpha value is -2.25. The molecule has 0 saturated carbocycles. The van der Waals surface area contributed by atoms with Gasteiger partial charge in [-0.15, -0.1) is 0 Å². The van der Waals surface area contributed by atoms with Crippen molar-refractivity contribution < 1.29 is 19.1 Å². The summed E-state index contributed by atoms with van der Waals surface area (Å²) in [5.74, 6) is 0.490. The Bertz CT molecular complexity index is 930. The zero-order chi connectivity index (χ0) is 23.2. The molecular weight excluding hydrogens is 484 g/mol. The standard InChI is InChI=1S/C23H28BrClN2O4/c1-15(22(29)26-23(2,3)4)27(13-16-7-6-8-18(11-16)30-5)21(28)14-31-20-10-9-17(24)12-19(20)25/h6-12,15H,13-14H2,1-5H3,(H,26,29)/t15-/m1/s1. The summed E-state index contributed by atoms with van der Waals surface area (Å²) in [6.45, 7) is 7.36. The van der Waals surface area contributed by atoms with E-state index in [1.165, 1.54) is 4.90 Å². The Morgan fingerprint density at radius 1 is 1.19 bits per heavy atom. The van der Waals surface area contributed by atoms with E-state index in [9.17, 15) is 9.59 Å². The normalized spacial score (nSPS) is 12.1. The lowest BCUT2D eigenvalue weighted by Crippen LogP contribution is -2.53. The summed E-state index contributed by atoms with van der Waals surface area (Å²) in [6.07, 6.45) is 0. The van der Waals surface area contributed by atoms with Crippen LogP contribution in [0.5, 0.6) is 11.5 Å². The van der Waals surface area contributed by atoms with Crippen molar-refractivity contribution in [3.05, 3.63) is 57.5 Å². The Morgan fingerprint density at radius 2 is 1.90 bits per heavy atom. The third-order valence-electron chi connectivity index (χ3n) is 4.40.